The second-order valence-electron chi connectivity index (χ2n) is 4.42. The van der Waals surface area contributed by atoms with E-state index >= 15 is 0 Å². The molecule has 1 unspecified atom stereocenters. The molecule has 4 nitrogen and oxygen atoms in total. The van der Waals surface area contributed by atoms with Gasteiger partial charge in [0.2, 0.25) is 10.0 Å². The lowest BCUT2D eigenvalue weighted by atomic mass is 10.2. The summed E-state index contributed by atoms with van der Waals surface area (Å²) in [5.74, 6) is 0.226. The molecule has 0 fully saturated rings. The van der Waals surface area contributed by atoms with Crippen molar-refractivity contribution in [1.82, 2.24) is 10.0 Å². The van der Waals surface area contributed by atoms with Crippen molar-refractivity contribution in [2.24, 2.45) is 5.92 Å². The summed E-state index contributed by atoms with van der Waals surface area (Å²) in [4.78, 5) is 0.242. The van der Waals surface area contributed by atoms with Crippen LogP contribution in [0.5, 0.6) is 0 Å². The number of hydrogen-bond acceptors (Lipinski definition) is 3. The van der Waals surface area contributed by atoms with Gasteiger partial charge in [0.15, 0.2) is 0 Å². The van der Waals surface area contributed by atoms with E-state index in [2.05, 4.69) is 10.0 Å². The normalized spacial score (nSPS) is 13.6. The van der Waals surface area contributed by atoms with Gasteiger partial charge in [-0.1, -0.05) is 24.6 Å². The summed E-state index contributed by atoms with van der Waals surface area (Å²) in [6, 6.07) is 4.86. The Morgan fingerprint density at radius 2 is 2.00 bits per heavy atom. The van der Waals surface area contributed by atoms with Crippen LogP contribution >= 0.6 is 11.6 Å². The predicted octanol–water partition coefficient (Wildman–Crippen LogP) is 1.78. The highest BCUT2D eigenvalue weighted by atomic mass is 35.5. The van der Waals surface area contributed by atoms with Gasteiger partial charge in [0, 0.05) is 11.6 Å². The van der Waals surface area contributed by atoms with Gasteiger partial charge in [-0.05, 0) is 44.1 Å². The van der Waals surface area contributed by atoms with Gasteiger partial charge in [0.1, 0.15) is 0 Å². The van der Waals surface area contributed by atoms with Crippen molar-refractivity contribution in [3.05, 3.63) is 28.8 Å². The average Bonchev–Trinajstić information content (AvgIpc) is 2.30. The third-order valence-corrected chi connectivity index (χ3v) is 4.41. The summed E-state index contributed by atoms with van der Waals surface area (Å²) >= 11 is 5.83. The highest BCUT2D eigenvalue weighted by Crippen LogP contribution is 2.19. The Hall–Kier alpha value is -0.620. The van der Waals surface area contributed by atoms with Gasteiger partial charge >= 0.3 is 0 Å². The van der Waals surface area contributed by atoms with Gasteiger partial charge in [-0.15, -0.1) is 0 Å². The Morgan fingerprint density at radius 3 is 2.61 bits per heavy atom. The number of hydrogen-bond donors (Lipinski definition) is 2. The summed E-state index contributed by atoms with van der Waals surface area (Å²) < 4.78 is 26.8. The summed E-state index contributed by atoms with van der Waals surface area (Å²) in [6.45, 7) is 4.89. The molecule has 0 amide bonds. The minimum Gasteiger partial charge on any atom is -0.319 e. The quantitative estimate of drug-likeness (QED) is 0.840. The fraction of sp³-hybridized carbons (Fsp3) is 0.500. The summed E-state index contributed by atoms with van der Waals surface area (Å²) in [6.07, 6.45) is 0. The van der Waals surface area contributed by atoms with Crippen LogP contribution in [0.25, 0.3) is 0 Å². The molecule has 1 aromatic rings. The zero-order valence-corrected chi connectivity index (χ0v) is 12.4. The Balaban J connectivity index is 2.83. The molecule has 0 radical (unpaired) electrons. The zero-order valence-electron chi connectivity index (χ0n) is 10.8. The molecule has 1 aromatic carbocycles. The molecule has 0 saturated carbocycles. The van der Waals surface area contributed by atoms with Gasteiger partial charge in [-0.3, -0.25) is 0 Å². The van der Waals surface area contributed by atoms with Gasteiger partial charge in [-0.2, -0.15) is 0 Å². The average molecular weight is 291 g/mol. The minimum absolute atomic E-state index is 0.226. The first-order valence-electron chi connectivity index (χ1n) is 5.77. The van der Waals surface area contributed by atoms with Crippen molar-refractivity contribution in [2.75, 3.05) is 20.1 Å². The summed E-state index contributed by atoms with van der Waals surface area (Å²) in [5, 5.41) is 3.43. The van der Waals surface area contributed by atoms with Crippen molar-refractivity contribution in [3.63, 3.8) is 0 Å². The van der Waals surface area contributed by atoms with Crippen molar-refractivity contribution < 1.29 is 8.42 Å². The molecule has 18 heavy (non-hydrogen) atoms. The number of nitrogens with one attached hydrogen (secondary N) is 2. The smallest absolute Gasteiger partial charge is 0.240 e. The molecule has 1 atom stereocenters. The second kappa shape index (κ2) is 6.52. The van der Waals surface area contributed by atoms with Crippen LogP contribution in [0.15, 0.2) is 23.1 Å². The lowest BCUT2D eigenvalue weighted by Crippen LogP contribution is -2.32. The highest BCUT2D eigenvalue weighted by Gasteiger charge is 2.17. The van der Waals surface area contributed by atoms with E-state index in [-0.39, 0.29) is 10.8 Å². The second-order valence-corrected chi connectivity index (χ2v) is 6.60. The summed E-state index contributed by atoms with van der Waals surface area (Å²) in [5.41, 5.74) is 0.688. The molecule has 0 heterocycles. The van der Waals surface area contributed by atoms with E-state index in [9.17, 15) is 8.42 Å². The van der Waals surface area contributed by atoms with E-state index < -0.39 is 10.0 Å². The number of rotatable bonds is 6. The van der Waals surface area contributed by atoms with Crippen LogP contribution in [0.1, 0.15) is 12.5 Å². The number of benzene rings is 1. The number of sulfonamides is 1. The Morgan fingerprint density at radius 1 is 1.33 bits per heavy atom. The van der Waals surface area contributed by atoms with Crippen molar-refractivity contribution in [2.45, 2.75) is 18.7 Å². The lowest BCUT2D eigenvalue weighted by molar-refractivity contribution is 0.518. The first kappa shape index (κ1) is 15.4. The molecule has 0 bridgehead atoms. The van der Waals surface area contributed by atoms with Crippen LogP contribution in [0.4, 0.5) is 0 Å². The van der Waals surface area contributed by atoms with Crippen molar-refractivity contribution in [3.8, 4) is 0 Å². The molecule has 2 N–H and O–H groups in total. The van der Waals surface area contributed by atoms with E-state index in [1.165, 1.54) is 6.07 Å². The lowest BCUT2D eigenvalue weighted by Gasteiger charge is -2.13. The molecule has 0 aliphatic carbocycles. The zero-order chi connectivity index (χ0) is 13.8. The molecular weight excluding hydrogens is 272 g/mol. The van der Waals surface area contributed by atoms with Crippen LogP contribution in [0.3, 0.4) is 0 Å². The maximum Gasteiger partial charge on any atom is 0.240 e. The van der Waals surface area contributed by atoms with E-state index in [1.54, 1.807) is 19.1 Å². The van der Waals surface area contributed by atoms with Crippen LogP contribution in [-0.2, 0) is 10.0 Å². The van der Waals surface area contributed by atoms with Gasteiger partial charge in [0.05, 0.1) is 4.90 Å². The van der Waals surface area contributed by atoms with E-state index in [0.29, 0.717) is 17.1 Å². The Labute approximate surface area is 114 Å². The molecule has 1 rings (SSSR count). The van der Waals surface area contributed by atoms with Crippen molar-refractivity contribution >= 4 is 21.6 Å². The van der Waals surface area contributed by atoms with E-state index in [1.807, 2.05) is 14.0 Å². The number of aryl methyl sites for hydroxylation is 1. The fourth-order valence-corrected chi connectivity index (χ4v) is 3.28. The van der Waals surface area contributed by atoms with Gasteiger partial charge < -0.3 is 5.32 Å². The number of halogens is 1. The van der Waals surface area contributed by atoms with E-state index in [0.717, 1.165) is 6.54 Å². The molecule has 0 aliphatic rings. The van der Waals surface area contributed by atoms with Crippen LogP contribution < -0.4 is 10.0 Å². The molecule has 0 spiro atoms. The monoisotopic (exact) mass is 290 g/mol. The topological polar surface area (TPSA) is 58.2 Å². The Bertz CT molecular complexity index is 503. The van der Waals surface area contributed by atoms with Gasteiger partial charge in [0.25, 0.3) is 0 Å². The van der Waals surface area contributed by atoms with Crippen LogP contribution in [0, 0.1) is 12.8 Å². The predicted molar refractivity (Wildman–Crippen MR) is 74.5 cm³/mol. The Kier molecular flexibility index (Phi) is 5.59. The molecule has 102 valence electrons. The summed E-state index contributed by atoms with van der Waals surface area (Å²) in [7, 11) is -1.65. The first-order chi connectivity index (χ1) is 8.36. The van der Waals surface area contributed by atoms with Crippen LogP contribution in [0.2, 0.25) is 5.02 Å². The molecule has 6 heteroatoms. The maximum atomic E-state index is 12.1. The minimum atomic E-state index is -3.49. The largest absolute Gasteiger partial charge is 0.319 e. The molecular formula is C12H19ClN2O2S. The molecule has 0 saturated heterocycles. The first-order valence-corrected chi connectivity index (χ1v) is 7.63. The van der Waals surface area contributed by atoms with Crippen LogP contribution in [-0.4, -0.2) is 28.6 Å². The maximum absolute atomic E-state index is 12.1. The molecule has 0 aliphatic heterocycles. The van der Waals surface area contributed by atoms with Gasteiger partial charge in [-0.25, -0.2) is 13.1 Å². The molecule has 0 aromatic heterocycles. The van der Waals surface area contributed by atoms with Crippen molar-refractivity contribution in [1.29, 1.82) is 0 Å². The third-order valence-electron chi connectivity index (χ3n) is 2.61. The standard InChI is InChI=1S/C12H19ClN2O2S/c1-9(7-14-3)8-15-18(16,17)12-6-11(13)5-4-10(12)2/h4-6,9,14-15H,7-8H2,1-3H3. The van der Waals surface area contributed by atoms with E-state index in [4.69, 9.17) is 11.6 Å². The highest BCUT2D eigenvalue weighted by molar-refractivity contribution is 7.89. The SMILES string of the molecule is CNCC(C)CNS(=O)(=O)c1cc(Cl)ccc1C. The fourth-order valence-electron chi connectivity index (χ4n) is 1.61. The third kappa shape index (κ3) is 4.24.